The van der Waals surface area contributed by atoms with Crippen molar-refractivity contribution in [1.82, 2.24) is 19.9 Å². The maximum Gasteiger partial charge on any atom is 0.278 e. The Morgan fingerprint density at radius 3 is 2.48 bits per heavy atom. The quantitative estimate of drug-likeness (QED) is 0.162. The highest BCUT2D eigenvalue weighted by Gasteiger charge is 2.49. The van der Waals surface area contributed by atoms with Crippen LogP contribution in [0, 0.1) is 11.7 Å². The number of carbonyl (C=O) groups excluding carboxylic acids is 1. The fraction of sp³-hybridized carbons (Fsp3) is 0.600. The lowest BCUT2D eigenvalue weighted by atomic mass is 9.83. The molecule has 5 heterocycles. The number of aromatic nitrogens is 3. The maximum absolute atomic E-state index is 16.1. The first-order valence-corrected chi connectivity index (χ1v) is 19.0. The van der Waals surface area contributed by atoms with Crippen LogP contribution in [0.2, 0.25) is 0 Å². The second-order valence-electron chi connectivity index (χ2n) is 13.8. The van der Waals surface area contributed by atoms with Gasteiger partial charge in [-0.05, 0) is 70.3 Å². The van der Waals surface area contributed by atoms with Gasteiger partial charge in [0, 0.05) is 42.1 Å². The molecule has 1 aromatic carbocycles. The van der Waals surface area contributed by atoms with Gasteiger partial charge in [-0.15, -0.1) is 0 Å². The number of pyridine rings is 1. The van der Waals surface area contributed by atoms with E-state index in [2.05, 4.69) is 20.6 Å². The standard InChI is InChI=1S/C35H44F3N5O4S/c1-22(27-8-7-9-30(31(27)36)35(37,38)24-18-25-10-11-26(19-24)42-25)41-32-29-20-28(23-12-16-48(46,47)17-13-23)34(45)43(33(29)40-21-39-32)14-5-3-2-4-6-15-44/h7-9,15,20-26,42H,2-6,10-14,16-19H2,1H3,(H,39,40,41)/t22-,24?,25?,26?/m1/s1. The first-order chi connectivity index (χ1) is 23.0. The number of aryl methyl sites for hydroxylation is 1. The fourth-order valence-corrected chi connectivity index (χ4v) is 9.36. The molecule has 3 atom stereocenters. The number of aldehydes is 1. The lowest BCUT2D eigenvalue weighted by Gasteiger charge is -2.35. The highest BCUT2D eigenvalue weighted by atomic mass is 32.2. The summed E-state index contributed by atoms with van der Waals surface area (Å²) in [6, 6.07) is 5.18. The van der Waals surface area contributed by atoms with Crippen molar-refractivity contribution in [2.24, 2.45) is 5.92 Å². The molecule has 3 aliphatic heterocycles. The van der Waals surface area contributed by atoms with Gasteiger partial charge >= 0.3 is 0 Å². The van der Waals surface area contributed by atoms with Gasteiger partial charge in [-0.3, -0.25) is 9.36 Å². The molecule has 2 bridgehead atoms. The number of hydrogen-bond donors (Lipinski definition) is 2. The van der Waals surface area contributed by atoms with Gasteiger partial charge < -0.3 is 15.4 Å². The van der Waals surface area contributed by atoms with Crippen molar-refractivity contribution in [3.8, 4) is 0 Å². The van der Waals surface area contributed by atoms with Crippen molar-refractivity contribution >= 4 is 33.0 Å². The third kappa shape index (κ3) is 7.17. The third-order valence-corrected chi connectivity index (χ3v) is 12.3. The molecule has 0 saturated carbocycles. The number of benzene rings is 1. The van der Waals surface area contributed by atoms with E-state index in [1.165, 1.54) is 24.5 Å². The monoisotopic (exact) mass is 687 g/mol. The van der Waals surface area contributed by atoms with Crippen LogP contribution in [0.1, 0.15) is 106 Å². The Labute approximate surface area is 279 Å². The number of rotatable bonds is 13. The molecular weight excluding hydrogens is 643 g/mol. The van der Waals surface area contributed by atoms with E-state index in [1.54, 1.807) is 17.6 Å². The van der Waals surface area contributed by atoms with Crippen LogP contribution in [-0.2, 0) is 27.1 Å². The maximum atomic E-state index is 16.1. The SMILES string of the molecule is C[C@@H](Nc1ncnc2c1cc(C1CCS(=O)(=O)CC1)c(=O)n2CCCCCCC=O)c1cccc(C(F)(F)C2CC3CCC(C2)N3)c1F. The minimum Gasteiger partial charge on any atom is -0.363 e. The Bertz CT molecular complexity index is 1790. The number of carbonyl (C=O) groups is 1. The molecule has 0 spiro atoms. The van der Waals surface area contributed by atoms with E-state index in [0.717, 1.165) is 38.4 Å². The summed E-state index contributed by atoms with van der Waals surface area (Å²) in [5.41, 5.74) is 0.115. The molecule has 3 saturated heterocycles. The number of fused-ring (bicyclic) bond motifs is 3. The molecule has 3 aliphatic rings. The zero-order valence-corrected chi connectivity index (χ0v) is 28.1. The lowest BCUT2D eigenvalue weighted by molar-refractivity contribution is -0.107. The van der Waals surface area contributed by atoms with Crippen LogP contribution in [0.5, 0.6) is 0 Å². The van der Waals surface area contributed by atoms with Crippen LogP contribution >= 0.6 is 0 Å². The summed E-state index contributed by atoms with van der Waals surface area (Å²) in [7, 11) is -3.16. The largest absolute Gasteiger partial charge is 0.363 e. The van der Waals surface area contributed by atoms with Gasteiger partial charge in [0.2, 0.25) is 0 Å². The predicted molar refractivity (Wildman–Crippen MR) is 179 cm³/mol. The van der Waals surface area contributed by atoms with Crippen molar-refractivity contribution in [3.63, 3.8) is 0 Å². The molecule has 2 aromatic heterocycles. The first-order valence-electron chi connectivity index (χ1n) is 17.2. The third-order valence-electron chi connectivity index (χ3n) is 10.6. The number of alkyl halides is 2. The minimum atomic E-state index is -3.32. The summed E-state index contributed by atoms with van der Waals surface area (Å²) >= 11 is 0. The van der Waals surface area contributed by atoms with E-state index >= 15 is 13.2 Å². The first kappa shape index (κ1) is 34.5. The molecule has 0 amide bonds. The van der Waals surface area contributed by atoms with Crippen molar-refractivity contribution in [2.45, 2.75) is 114 Å². The Morgan fingerprint density at radius 2 is 1.77 bits per heavy atom. The summed E-state index contributed by atoms with van der Waals surface area (Å²) in [5.74, 6) is -5.15. The van der Waals surface area contributed by atoms with E-state index in [0.29, 0.717) is 67.5 Å². The highest BCUT2D eigenvalue weighted by molar-refractivity contribution is 7.91. The lowest BCUT2D eigenvalue weighted by Crippen LogP contribution is -2.43. The number of sulfone groups is 1. The van der Waals surface area contributed by atoms with Gasteiger partial charge in [0.05, 0.1) is 28.5 Å². The number of hydrogen-bond acceptors (Lipinski definition) is 8. The van der Waals surface area contributed by atoms with Crippen molar-refractivity contribution in [3.05, 3.63) is 63.5 Å². The topological polar surface area (TPSA) is 123 Å². The van der Waals surface area contributed by atoms with Gasteiger partial charge in [-0.25, -0.2) is 31.6 Å². The van der Waals surface area contributed by atoms with Gasteiger partial charge in [0.1, 0.15) is 39.7 Å². The predicted octanol–water partition coefficient (Wildman–Crippen LogP) is 6.17. The average molecular weight is 688 g/mol. The molecule has 9 nitrogen and oxygen atoms in total. The number of nitrogens with zero attached hydrogens (tertiary/aromatic N) is 3. The summed E-state index contributed by atoms with van der Waals surface area (Å²) in [5, 5.41) is 7.11. The van der Waals surface area contributed by atoms with E-state index in [-0.39, 0.29) is 40.6 Å². The molecule has 2 N–H and O–H groups in total. The summed E-state index contributed by atoms with van der Waals surface area (Å²) < 4.78 is 73.8. The smallest absolute Gasteiger partial charge is 0.278 e. The molecule has 2 unspecified atom stereocenters. The summed E-state index contributed by atoms with van der Waals surface area (Å²) in [6.45, 7) is 2.05. The second-order valence-corrected chi connectivity index (χ2v) is 16.1. The fourth-order valence-electron chi connectivity index (χ4n) is 7.87. The van der Waals surface area contributed by atoms with E-state index in [9.17, 15) is 18.0 Å². The molecule has 3 fully saturated rings. The van der Waals surface area contributed by atoms with E-state index in [1.807, 2.05) is 0 Å². The molecule has 260 valence electrons. The zero-order chi connectivity index (χ0) is 34.1. The number of unbranched alkanes of at least 4 members (excludes halogenated alkanes) is 4. The molecular formula is C35H44F3N5O4S. The number of nitrogens with one attached hydrogen (secondary N) is 2. The van der Waals surface area contributed by atoms with Gasteiger partial charge in [-0.1, -0.05) is 31.0 Å². The Hall–Kier alpha value is -3.32. The van der Waals surface area contributed by atoms with Crippen LogP contribution in [0.4, 0.5) is 19.0 Å². The molecule has 0 radical (unpaired) electrons. The second kappa shape index (κ2) is 14.3. The van der Waals surface area contributed by atoms with Crippen LogP contribution in [0.15, 0.2) is 35.4 Å². The highest BCUT2D eigenvalue weighted by Crippen LogP contribution is 2.47. The van der Waals surface area contributed by atoms with Crippen LogP contribution in [0.25, 0.3) is 11.0 Å². The molecule has 6 rings (SSSR count). The summed E-state index contributed by atoms with van der Waals surface area (Å²) in [4.78, 5) is 33.4. The number of halogens is 3. The van der Waals surface area contributed by atoms with Gasteiger partial charge in [0.25, 0.3) is 11.5 Å². The Morgan fingerprint density at radius 1 is 1.06 bits per heavy atom. The van der Waals surface area contributed by atoms with Crippen LogP contribution < -0.4 is 16.2 Å². The van der Waals surface area contributed by atoms with Crippen LogP contribution in [-0.4, -0.2) is 52.8 Å². The zero-order valence-electron chi connectivity index (χ0n) is 27.3. The normalized spacial score (nSPS) is 23.3. The summed E-state index contributed by atoms with van der Waals surface area (Å²) in [6.07, 6.45) is 8.79. The molecule has 0 aliphatic carbocycles. The van der Waals surface area contributed by atoms with Crippen molar-refractivity contribution in [1.29, 1.82) is 0 Å². The Balaban J connectivity index is 1.31. The Kier molecular flexibility index (Phi) is 10.3. The molecule has 13 heteroatoms. The number of anilines is 1. The van der Waals surface area contributed by atoms with Crippen molar-refractivity contribution < 1.29 is 26.4 Å². The van der Waals surface area contributed by atoms with Crippen LogP contribution in [0.3, 0.4) is 0 Å². The average Bonchev–Trinajstić information content (AvgIpc) is 3.40. The van der Waals surface area contributed by atoms with Crippen molar-refractivity contribution in [2.75, 3.05) is 16.8 Å². The van der Waals surface area contributed by atoms with E-state index < -0.39 is 39.1 Å². The minimum absolute atomic E-state index is 0.00175. The molecule has 3 aromatic rings. The van der Waals surface area contributed by atoms with Gasteiger partial charge in [0.15, 0.2) is 0 Å². The molecule has 48 heavy (non-hydrogen) atoms. The number of piperidine rings is 1. The van der Waals surface area contributed by atoms with E-state index in [4.69, 9.17) is 0 Å². The van der Waals surface area contributed by atoms with Gasteiger partial charge in [-0.2, -0.15) is 0 Å².